The summed E-state index contributed by atoms with van der Waals surface area (Å²) in [6, 6.07) is 14.2. The second kappa shape index (κ2) is 9.54. The highest BCUT2D eigenvalue weighted by atomic mass is 32.2. The maximum Gasteiger partial charge on any atom is 0.262 e. The molecule has 38 heavy (non-hydrogen) atoms. The van der Waals surface area contributed by atoms with Crippen LogP contribution in [0.15, 0.2) is 78.5 Å². The first-order valence-electron chi connectivity index (χ1n) is 12.1. The van der Waals surface area contributed by atoms with Crippen molar-refractivity contribution in [2.45, 2.75) is 5.03 Å². The molecule has 0 radical (unpaired) electrons. The van der Waals surface area contributed by atoms with Gasteiger partial charge in [-0.05, 0) is 48.5 Å². The molecule has 2 N–H and O–H groups in total. The quantitative estimate of drug-likeness (QED) is 0.343. The van der Waals surface area contributed by atoms with E-state index < -0.39 is 10.0 Å². The number of halogens is 1. The molecule has 1 aliphatic heterocycles. The molecular weight excluding hydrogens is 507 g/mol. The van der Waals surface area contributed by atoms with Crippen molar-refractivity contribution in [3.8, 4) is 11.3 Å². The molecule has 12 heteroatoms. The Morgan fingerprint density at radius 3 is 2.53 bits per heavy atom. The van der Waals surface area contributed by atoms with E-state index in [0.29, 0.717) is 37.8 Å². The van der Waals surface area contributed by atoms with E-state index in [0.717, 1.165) is 27.8 Å². The van der Waals surface area contributed by atoms with Crippen molar-refractivity contribution in [2.24, 2.45) is 7.05 Å². The average molecular weight is 533 g/mol. The van der Waals surface area contributed by atoms with E-state index in [1.54, 1.807) is 29.9 Å². The van der Waals surface area contributed by atoms with Gasteiger partial charge in [0, 0.05) is 79.7 Å². The van der Waals surface area contributed by atoms with Gasteiger partial charge in [0.05, 0.1) is 12.0 Å². The summed E-state index contributed by atoms with van der Waals surface area (Å²) in [4.78, 5) is 18.3. The molecule has 0 bridgehead atoms. The summed E-state index contributed by atoms with van der Waals surface area (Å²) < 4.78 is 42.6. The molecule has 0 spiro atoms. The summed E-state index contributed by atoms with van der Waals surface area (Å²) in [6.45, 7) is 1.93. The monoisotopic (exact) mass is 532 g/mol. The highest BCUT2D eigenvalue weighted by Crippen LogP contribution is 2.29. The van der Waals surface area contributed by atoms with Crippen molar-refractivity contribution in [1.82, 2.24) is 28.8 Å². The normalized spacial score (nSPS) is 14.7. The molecule has 1 aliphatic rings. The summed E-state index contributed by atoms with van der Waals surface area (Å²) in [5, 5.41) is 4.05. The number of aryl methyl sites for hydroxylation is 1. The first-order chi connectivity index (χ1) is 18.4. The number of hydrogen-bond acceptors (Lipinski definition) is 7. The molecule has 194 valence electrons. The number of nitrogens with one attached hydrogen (secondary N) is 2. The lowest BCUT2D eigenvalue weighted by atomic mass is 10.1. The van der Waals surface area contributed by atoms with Crippen molar-refractivity contribution < 1.29 is 12.8 Å². The third-order valence-corrected chi connectivity index (χ3v) is 8.37. The number of hydrogen-bond donors (Lipinski definition) is 2. The van der Waals surface area contributed by atoms with Gasteiger partial charge in [-0.1, -0.05) is 0 Å². The Morgan fingerprint density at radius 1 is 1.00 bits per heavy atom. The van der Waals surface area contributed by atoms with Crippen LogP contribution in [0.25, 0.3) is 22.2 Å². The third-order valence-electron chi connectivity index (χ3n) is 6.59. The fourth-order valence-corrected chi connectivity index (χ4v) is 5.99. The number of rotatable bonds is 6. The van der Waals surface area contributed by atoms with Gasteiger partial charge in [0.2, 0.25) is 5.95 Å². The van der Waals surface area contributed by atoms with Gasteiger partial charge in [0.15, 0.2) is 5.03 Å². The van der Waals surface area contributed by atoms with Crippen molar-refractivity contribution in [3.05, 3.63) is 79.3 Å². The topological polar surface area (TPSA) is 112 Å². The van der Waals surface area contributed by atoms with E-state index in [9.17, 15) is 12.8 Å². The third kappa shape index (κ3) is 4.59. The number of anilines is 3. The predicted octanol–water partition coefficient (Wildman–Crippen LogP) is 3.75. The zero-order chi connectivity index (χ0) is 26.3. The number of sulfonamides is 1. The number of piperazine rings is 1. The first-order valence-corrected chi connectivity index (χ1v) is 13.5. The molecule has 3 aromatic heterocycles. The van der Waals surface area contributed by atoms with Crippen molar-refractivity contribution in [3.63, 3.8) is 0 Å². The fraction of sp³-hybridized carbons (Fsp3) is 0.192. The van der Waals surface area contributed by atoms with Crippen LogP contribution >= 0.6 is 0 Å². The number of H-pyrrole nitrogens is 1. The SMILES string of the molecule is Cn1cnc(S(=O)(=O)N2CCN(c3ccc(Nc4nccc(-c5c[nH]c6ccc(F)cc56)n4)cc3)CC2)c1. The molecule has 10 nitrogen and oxygen atoms in total. The Hall–Kier alpha value is -4.29. The smallest absolute Gasteiger partial charge is 0.262 e. The number of aromatic amines is 1. The van der Waals surface area contributed by atoms with Crippen LogP contribution in [-0.2, 0) is 17.1 Å². The van der Waals surface area contributed by atoms with E-state index >= 15 is 0 Å². The Kier molecular flexibility index (Phi) is 6.04. The van der Waals surface area contributed by atoms with Gasteiger partial charge in [0.25, 0.3) is 10.0 Å². The number of benzene rings is 2. The standard InChI is InChI=1S/C26H25FN8O2S/c1-33-16-25(30-17-33)38(36,37)35-12-10-34(11-13-35)20-5-3-19(4-6-20)31-26-28-9-8-24(32-26)22-15-29-23-7-2-18(27)14-21(22)23/h2-9,14-17,29H,10-13H2,1H3,(H,28,31,32). The van der Waals surface area contributed by atoms with E-state index in [4.69, 9.17) is 0 Å². The van der Waals surface area contributed by atoms with E-state index in [1.807, 2.05) is 30.5 Å². The van der Waals surface area contributed by atoms with Gasteiger partial charge in [-0.3, -0.25) is 0 Å². The summed E-state index contributed by atoms with van der Waals surface area (Å²) in [7, 11) is -1.84. The molecule has 2 aromatic carbocycles. The molecule has 1 saturated heterocycles. The minimum Gasteiger partial charge on any atom is -0.369 e. The van der Waals surface area contributed by atoms with Gasteiger partial charge < -0.3 is 19.8 Å². The highest BCUT2D eigenvalue weighted by Gasteiger charge is 2.30. The van der Waals surface area contributed by atoms with Crippen LogP contribution in [0.4, 0.5) is 21.7 Å². The maximum absolute atomic E-state index is 13.8. The number of aromatic nitrogens is 5. The summed E-state index contributed by atoms with van der Waals surface area (Å²) in [5.74, 6) is 0.122. The van der Waals surface area contributed by atoms with E-state index in [-0.39, 0.29) is 10.8 Å². The Morgan fingerprint density at radius 2 is 1.79 bits per heavy atom. The van der Waals surface area contributed by atoms with E-state index in [1.165, 1.54) is 29.0 Å². The molecule has 6 rings (SSSR count). The Bertz CT molecular complexity index is 1710. The van der Waals surface area contributed by atoms with Gasteiger partial charge in [0.1, 0.15) is 5.82 Å². The molecule has 0 amide bonds. The zero-order valence-corrected chi connectivity index (χ0v) is 21.4. The summed E-state index contributed by atoms with van der Waals surface area (Å²) >= 11 is 0. The van der Waals surface area contributed by atoms with Crippen LogP contribution in [0.3, 0.4) is 0 Å². The number of imidazole rings is 1. The molecule has 1 fully saturated rings. The van der Waals surface area contributed by atoms with Gasteiger partial charge in [-0.25, -0.2) is 27.8 Å². The molecule has 4 heterocycles. The van der Waals surface area contributed by atoms with Gasteiger partial charge in [-0.15, -0.1) is 0 Å². The minimum atomic E-state index is -3.59. The molecular formula is C26H25FN8O2S. The lowest BCUT2D eigenvalue weighted by Crippen LogP contribution is -2.48. The zero-order valence-electron chi connectivity index (χ0n) is 20.5. The molecule has 0 atom stereocenters. The van der Waals surface area contributed by atoms with Gasteiger partial charge >= 0.3 is 0 Å². The van der Waals surface area contributed by atoms with Gasteiger partial charge in [-0.2, -0.15) is 4.31 Å². The number of fused-ring (bicyclic) bond motifs is 1. The first kappa shape index (κ1) is 24.1. The molecule has 0 aliphatic carbocycles. The lowest BCUT2D eigenvalue weighted by molar-refractivity contribution is 0.383. The van der Waals surface area contributed by atoms with Crippen LogP contribution in [-0.4, -0.2) is 63.4 Å². The minimum absolute atomic E-state index is 0.0759. The Balaban J connectivity index is 1.12. The van der Waals surface area contributed by atoms with Crippen molar-refractivity contribution in [2.75, 3.05) is 36.4 Å². The largest absolute Gasteiger partial charge is 0.369 e. The van der Waals surface area contributed by atoms with Crippen LogP contribution in [0, 0.1) is 5.82 Å². The van der Waals surface area contributed by atoms with E-state index in [2.05, 4.69) is 30.2 Å². The van der Waals surface area contributed by atoms with Crippen molar-refractivity contribution >= 4 is 38.2 Å². The number of nitrogens with zero attached hydrogens (tertiary/aromatic N) is 6. The average Bonchev–Trinajstić information content (AvgIpc) is 3.56. The van der Waals surface area contributed by atoms with Crippen LogP contribution in [0.1, 0.15) is 0 Å². The van der Waals surface area contributed by atoms with Crippen LogP contribution in [0.5, 0.6) is 0 Å². The molecule has 5 aromatic rings. The lowest BCUT2D eigenvalue weighted by Gasteiger charge is -2.35. The summed E-state index contributed by atoms with van der Waals surface area (Å²) in [5.41, 5.74) is 4.12. The maximum atomic E-state index is 13.8. The fourth-order valence-electron chi connectivity index (χ4n) is 4.60. The van der Waals surface area contributed by atoms with Crippen molar-refractivity contribution in [1.29, 1.82) is 0 Å². The Labute approximate surface area is 218 Å². The van der Waals surface area contributed by atoms with Crippen LogP contribution in [0.2, 0.25) is 0 Å². The van der Waals surface area contributed by atoms with Crippen LogP contribution < -0.4 is 10.2 Å². The summed E-state index contributed by atoms with van der Waals surface area (Å²) in [6.07, 6.45) is 6.48. The highest BCUT2D eigenvalue weighted by molar-refractivity contribution is 7.89. The predicted molar refractivity (Wildman–Crippen MR) is 143 cm³/mol. The second-order valence-electron chi connectivity index (χ2n) is 9.10. The molecule has 0 saturated carbocycles. The second-order valence-corrected chi connectivity index (χ2v) is 11.0. The molecule has 0 unspecified atom stereocenters.